The minimum Gasteiger partial charge on any atom is -0.480 e. The van der Waals surface area contributed by atoms with Crippen LogP contribution >= 0.6 is 11.6 Å². The van der Waals surface area contributed by atoms with Gasteiger partial charge in [0.1, 0.15) is 23.4 Å². The Balaban J connectivity index is 1.24. The maximum Gasteiger partial charge on any atom is 0.300 e. The Labute approximate surface area is 241 Å². The summed E-state index contributed by atoms with van der Waals surface area (Å²) in [4.78, 5) is 27.4. The number of carbonyl (C=O) groups is 1. The Kier molecular flexibility index (Phi) is 7.36. The van der Waals surface area contributed by atoms with Crippen molar-refractivity contribution in [2.75, 3.05) is 30.7 Å². The van der Waals surface area contributed by atoms with Gasteiger partial charge in [-0.15, -0.1) is 0 Å². The fraction of sp³-hybridized carbons (Fsp3) is 0.345. The zero-order valence-corrected chi connectivity index (χ0v) is 23.7. The van der Waals surface area contributed by atoms with E-state index in [1.807, 2.05) is 42.8 Å². The second-order valence-corrected chi connectivity index (χ2v) is 10.5. The number of benzene rings is 2. The van der Waals surface area contributed by atoms with Gasteiger partial charge >= 0.3 is 0 Å². The summed E-state index contributed by atoms with van der Waals surface area (Å²) in [5.74, 6) is 0.655. The van der Waals surface area contributed by atoms with Crippen molar-refractivity contribution in [2.24, 2.45) is 0 Å². The van der Waals surface area contributed by atoms with Crippen molar-refractivity contribution in [3.05, 3.63) is 47.7 Å². The second kappa shape index (κ2) is 11.2. The van der Waals surface area contributed by atoms with E-state index in [2.05, 4.69) is 20.3 Å². The first kappa shape index (κ1) is 26.8. The predicted octanol–water partition coefficient (Wildman–Crippen LogP) is 5.98. The number of fused-ring (bicyclic) bond motifs is 2. The Morgan fingerprint density at radius 1 is 1.17 bits per heavy atom. The Bertz CT molecular complexity index is 1710. The molecule has 1 aliphatic carbocycles. The lowest BCUT2D eigenvalue weighted by Crippen LogP contribution is -2.34. The molecule has 5 aromatic rings. The molecule has 1 saturated carbocycles. The van der Waals surface area contributed by atoms with Gasteiger partial charge in [0.15, 0.2) is 23.6 Å². The molecule has 0 unspecified atom stereocenters. The maximum absolute atomic E-state index is 12.4. The molecule has 1 fully saturated rings. The molecule has 0 radical (unpaired) electrons. The number of oxazole rings is 1. The molecule has 41 heavy (non-hydrogen) atoms. The maximum atomic E-state index is 12.4. The number of likely N-dealkylation sites (N-methyl/N-ethyl adjacent to an activating group) is 1. The van der Waals surface area contributed by atoms with Crippen molar-refractivity contribution >= 4 is 57.2 Å². The summed E-state index contributed by atoms with van der Waals surface area (Å²) >= 11 is 6.29. The summed E-state index contributed by atoms with van der Waals surface area (Å²) in [6, 6.07) is 11.6. The minimum atomic E-state index is -0.122. The summed E-state index contributed by atoms with van der Waals surface area (Å²) in [6.45, 7) is 4.95. The molecule has 6 rings (SSSR count). The van der Waals surface area contributed by atoms with Gasteiger partial charge in [0.05, 0.1) is 11.4 Å². The minimum absolute atomic E-state index is 0.116. The highest BCUT2D eigenvalue weighted by molar-refractivity contribution is 6.31. The summed E-state index contributed by atoms with van der Waals surface area (Å²) < 4.78 is 13.8. The van der Waals surface area contributed by atoms with Crippen LogP contribution in [0.5, 0.6) is 5.75 Å². The molecule has 11 nitrogen and oxygen atoms in total. The third kappa shape index (κ3) is 5.24. The van der Waals surface area contributed by atoms with E-state index in [-0.39, 0.29) is 18.5 Å². The highest BCUT2D eigenvalue weighted by Gasteiger charge is 2.24. The summed E-state index contributed by atoms with van der Waals surface area (Å²) in [7, 11) is 0. The molecule has 3 aromatic heterocycles. The van der Waals surface area contributed by atoms with Gasteiger partial charge in [-0.2, -0.15) is 10.1 Å². The van der Waals surface area contributed by atoms with Crippen molar-refractivity contribution in [1.29, 1.82) is 0 Å². The third-order valence-corrected chi connectivity index (χ3v) is 7.70. The summed E-state index contributed by atoms with van der Waals surface area (Å²) in [5, 5.41) is 9.33. The van der Waals surface area contributed by atoms with E-state index < -0.39 is 0 Å². The molecule has 1 aliphatic rings. The van der Waals surface area contributed by atoms with Crippen LogP contribution in [0.3, 0.4) is 0 Å². The molecular formula is C29H31ClN8O3. The molecule has 2 aromatic carbocycles. The fourth-order valence-corrected chi connectivity index (χ4v) is 5.58. The second-order valence-electron chi connectivity index (χ2n) is 10.0. The molecule has 3 heterocycles. The first-order valence-corrected chi connectivity index (χ1v) is 14.2. The number of aromatic nitrogens is 5. The Hall–Kier alpha value is -4.38. The van der Waals surface area contributed by atoms with E-state index in [1.165, 1.54) is 19.2 Å². The number of nitrogens with two attached hydrogens (primary N) is 1. The number of amides is 1. The van der Waals surface area contributed by atoms with E-state index in [9.17, 15) is 4.79 Å². The van der Waals surface area contributed by atoms with E-state index in [0.29, 0.717) is 46.8 Å². The highest BCUT2D eigenvalue weighted by Crippen LogP contribution is 2.37. The van der Waals surface area contributed by atoms with E-state index >= 15 is 0 Å². The molecule has 0 aliphatic heterocycles. The molecule has 1 amide bonds. The first-order valence-electron chi connectivity index (χ1n) is 13.8. The van der Waals surface area contributed by atoms with Crippen LogP contribution in [-0.4, -0.2) is 55.2 Å². The number of nitrogen functional groups attached to an aromatic ring is 1. The van der Waals surface area contributed by atoms with Crippen molar-refractivity contribution in [3.63, 3.8) is 0 Å². The monoisotopic (exact) mass is 574 g/mol. The molecule has 0 bridgehead atoms. The molecule has 212 valence electrons. The lowest BCUT2D eigenvalue weighted by atomic mass is 10.1. The Morgan fingerprint density at radius 3 is 2.66 bits per heavy atom. The molecule has 0 spiro atoms. The van der Waals surface area contributed by atoms with Gasteiger partial charge in [-0.3, -0.25) is 4.79 Å². The van der Waals surface area contributed by atoms with Crippen molar-refractivity contribution in [3.8, 4) is 17.0 Å². The lowest BCUT2D eigenvalue weighted by Gasteiger charge is -2.18. The van der Waals surface area contributed by atoms with Crippen LogP contribution in [0.15, 0.2) is 47.1 Å². The van der Waals surface area contributed by atoms with Crippen LogP contribution in [0, 0.1) is 0 Å². The molecule has 0 atom stereocenters. The number of rotatable bonds is 9. The first-order chi connectivity index (χ1) is 19.9. The number of hydrogen-bond donors (Lipinski definition) is 2. The number of halogens is 1. The third-order valence-electron chi connectivity index (χ3n) is 7.49. The fourth-order valence-electron chi connectivity index (χ4n) is 5.37. The summed E-state index contributed by atoms with van der Waals surface area (Å²) in [6.07, 6.45) is 6.03. The van der Waals surface area contributed by atoms with Crippen LogP contribution in [0.2, 0.25) is 5.02 Å². The van der Waals surface area contributed by atoms with Gasteiger partial charge in [0, 0.05) is 35.4 Å². The smallest absolute Gasteiger partial charge is 0.300 e. The van der Waals surface area contributed by atoms with Crippen LogP contribution < -0.4 is 15.8 Å². The van der Waals surface area contributed by atoms with Crippen LogP contribution in [0.4, 0.5) is 17.5 Å². The van der Waals surface area contributed by atoms with Crippen LogP contribution in [0.25, 0.3) is 33.4 Å². The van der Waals surface area contributed by atoms with Crippen molar-refractivity contribution in [1.82, 2.24) is 29.6 Å². The normalized spacial score (nSPS) is 13.7. The Morgan fingerprint density at radius 2 is 1.93 bits per heavy atom. The average molecular weight is 575 g/mol. The predicted molar refractivity (Wildman–Crippen MR) is 158 cm³/mol. The average Bonchev–Trinajstić information content (AvgIpc) is 3.72. The number of nitrogens with zero attached hydrogens (tertiary/aromatic N) is 6. The quantitative estimate of drug-likeness (QED) is 0.218. The van der Waals surface area contributed by atoms with E-state index in [0.717, 1.165) is 40.8 Å². The van der Waals surface area contributed by atoms with Crippen molar-refractivity contribution < 1.29 is 13.9 Å². The number of anilines is 3. The SMILES string of the molecule is CCN(CC)C(=O)COc1cc(Cl)cc2nc(Nc3ccc(-c4nn(C5CCCC5)c5ncnc(N)c45)cc3)oc12. The van der Waals surface area contributed by atoms with Gasteiger partial charge in [0.25, 0.3) is 11.9 Å². The lowest BCUT2D eigenvalue weighted by molar-refractivity contribution is -0.132. The summed E-state index contributed by atoms with van der Waals surface area (Å²) in [5.41, 5.74) is 10.4. The largest absolute Gasteiger partial charge is 0.480 e. The van der Waals surface area contributed by atoms with Gasteiger partial charge in [-0.05, 0) is 44.9 Å². The standard InChI is InChI=1S/C29H31ClN8O3/c1-3-37(4-2)23(39)15-40-22-14-18(30)13-21-26(22)41-29(35-21)34-19-11-9-17(10-12-19)25-24-27(31)32-16-33-28(24)38(36-25)20-7-5-6-8-20/h9-14,16,20H,3-8,15H2,1-2H3,(H,34,35)(H2,31,32,33). The van der Waals surface area contributed by atoms with Crippen LogP contribution in [0.1, 0.15) is 45.6 Å². The topological polar surface area (TPSA) is 137 Å². The number of nitrogens with one attached hydrogen (secondary N) is 1. The van der Waals surface area contributed by atoms with E-state index in [1.54, 1.807) is 17.0 Å². The van der Waals surface area contributed by atoms with Gasteiger partial charge in [-0.25, -0.2) is 14.6 Å². The number of ether oxygens (including phenoxy) is 1. The van der Waals surface area contributed by atoms with Crippen LogP contribution in [-0.2, 0) is 4.79 Å². The van der Waals surface area contributed by atoms with E-state index in [4.69, 9.17) is 31.6 Å². The van der Waals surface area contributed by atoms with Gasteiger partial charge < -0.3 is 25.1 Å². The zero-order valence-electron chi connectivity index (χ0n) is 22.9. The molecule has 12 heteroatoms. The van der Waals surface area contributed by atoms with Crippen molar-refractivity contribution in [2.45, 2.75) is 45.6 Å². The highest BCUT2D eigenvalue weighted by atomic mass is 35.5. The number of carbonyl (C=O) groups excluding carboxylic acids is 1. The molecular weight excluding hydrogens is 544 g/mol. The van der Waals surface area contributed by atoms with Gasteiger partial charge in [0.2, 0.25) is 0 Å². The molecule has 0 saturated heterocycles. The number of hydrogen-bond acceptors (Lipinski definition) is 9. The molecule has 3 N–H and O–H groups in total. The van der Waals surface area contributed by atoms with Gasteiger partial charge in [-0.1, -0.05) is 36.6 Å². The zero-order chi connectivity index (χ0) is 28.5.